The van der Waals surface area contributed by atoms with Crippen LogP contribution in [0.25, 0.3) is 0 Å². The molecular weight excluding hydrogens is 314 g/mol. The number of hydrogen-bond acceptors (Lipinski definition) is 9. The number of aliphatic hydroxyl groups excluding tert-OH is 1. The van der Waals surface area contributed by atoms with Gasteiger partial charge in [0.05, 0.1) is 0 Å². The van der Waals surface area contributed by atoms with Gasteiger partial charge in [0, 0.05) is 7.05 Å². The molecule has 122 valence electrons. The fourth-order valence-corrected chi connectivity index (χ4v) is 1.54. The van der Waals surface area contributed by atoms with Gasteiger partial charge in [-0.05, 0) is 26.1 Å². The molecule has 0 radical (unpaired) electrons. The number of ketones is 2. The lowest BCUT2D eigenvalue weighted by molar-refractivity contribution is -0.122. The molecule has 2 aliphatic rings. The van der Waals surface area contributed by atoms with Crippen LogP contribution in [0.5, 0.6) is 0 Å². The van der Waals surface area contributed by atoms with E-state index in [9.17, 15) is 9.59 Å². The maximum absolute atomic E-state index is 11.3. The molecule has 0 saturated carbocycles. The fourth-order valence-electron chi connectivity index (χ4n) is 1.46. The molecule has 2 aliphatic heterocycles. The van der Waals surface area contributed by atoms with Crippen molar-refractivity contribution in [2.24, 2.45) is 11.5 Å². The highest BCUT2D eigenvalue weighted by molar-refractivity contribution is 7.80. The molecule has 10 heteroatoms. The number of aliphatic hydroxyl groups is 1. The van der Waals surface area contributed by atoms with Gasteiger partial charge in [-0.15, -0.1) is 0 Å². The molecular formula is C12H17N3O6S. The molecule has 0 saturated heterocycles. The monoisotopic (exact) mass is 331 g/mol. The summed E-state index contributed by atoms with van der Waals surface area (Å²) in [5.74, 6) is -1.42. The van der Waals surface area contributed by atoms with Crippen LogP contribution < -0.4 is 16.8 Å². The van der Waals surface area contributed by atoms with Gasteiger partial charge in [0.15, 0.2) is 12.2 Å². The van der Waals surface area contributed by atoms with Gasteiger partial charge >= 0.3 is 0 Å². The summed E-state index contributed by atoms with van der Waals surface area (Å²) in [5.41, 5.74) is 10.4. The summed E-state index contributed by atoms with van der Waals surface area (Å²) >= 11 is 4.71. The lowest BCUT2D eigenvalue weighted by Gasteiger charge is -2.04. The first-order chi connectivity index (χ1) is 10.2. The van der Waals surface area contributed by atoms with Crippen LogP contribution in [0.3, 0.4) is 0 Å². The van der Waals surface area contributed by atoms with E-state index in [0.717, 1.165) is 0 Å². The maximum atomic E-state index is 11.3. The van der Waals surface area contributed by atoms with Gasteiger partial charge in [0.2, 0.25) is 34.9 Å². The zero-order valence-corrected chi connectivity index (χ0v) is 13.0. The number of ether oxygens (including phenoxy) is 3. The molecule has 0 aliphatic carbocycles. The number of thiocarbonyl (C=S) groups is 1. The van der Waals surface area contributed by atoms with E-state index in [1.54, 1.807) is 14.0 Å². The van der Waals surface area contributed by atoms with Gasteiger partial charge in [-0.3, -0.25) is 9.59 Å². The first-order valence-electron chi connectivity index (χ1n) is 6.18. The van der Waals surface area contributed by atoms with Gasteiger partial charge in [-0.1, -0.05) is 0 Å². The largest absolute Gasteiger partial charge is 0.501 e. The van der Waals surface area contributed by atoms with Gasteiger partial charge in [-0.25, -0.2) is 0 Å². The van der Waals surface area contributed by atoms with Crippen LogP contribution in [0, 0.1) is 0 Å². The van der Waals surface area contributed by atoms with Crippen LogP contribution in [-0.2, 0) is 23.8 Å². The number of rotatable bonds is 1. The van der Waals surface area contributed by atoms with Crippen molar-refractivity contribution in [3.8, 4) is 0 Å². The van der Waals surface area contributed by atoms with Crippen molar-refractivity contribution in [1.29, 1.82) is 0 Å². The average molecular weight is 331 g/mol. The third-order valence-electron chi connectivity index (χ3n) is 2.66. The molecule has 0 spiro atoms. The van der Waals surface area contributed by atoms with Gasteiger partial charge < -0.3 is 36.1 Å². The molecule has 0 bridgehead atoms. The molecule has 0 aromatic carbocycles. The second kappa shape index (κ2) is 6.98. The number of hydrogen-bond donors (Lipinski definition) is 4. The third kappa shape index (κ3) is 3.79. The number of Topliss-reactive ketones (excluding diaryl/α,β-unsaturated/α-hetero) is 2. The first-order valence-corrected chi connectivity index (χ1v) is 6.59. The summed E-state index contributed by atoms with van der Waals surface area (Å²) in [7, 11) is 1.59. The first kappa shape index (κ1) is 17.6. The Morgan fingerprint density at radius 1 is 1.18 bits per heavy atom. The molecule has 6 N–H and O–H groups in total. The van der Waals surface area contributed by atoms with Crippen LogP contribution in [0.4, 0.5) is 0 Å². The third-order valence-corrected chi connectivity index (χ3v) is 2.95. The van der Waals surface area contributed by atoms with Crippen molar-refractivity contribution in [1.82, 2.24) is 5.32 Å². The number of carbonyl (C=O) groups excluding carboxylic acids is 2. The summed E-state index contributed by atoms with van der Waals surface area (Å²) in [6, 6.07) is 0. The Kier molecular flexibility index (Phi) is 5.57. The SMILES string of the molecule is CC1OC(N)=C(O)C1=O.CNC(=S)OC1=C(N)OC(C)C1=O. The average Bonchev–Trinajstić information content (AvgIpc) is 2.84. The maximum Gasteiger partial charge on any atom is 0.262 e. The molecule has 0 amide bonds. The lowest BCUT2D eigenvalue weighted by atomic mass is 10.2. The summed E-state index contributed by atoms with van der Waals surface area (Å²) in [6.07, 6.45) is -1.21. The van der Waals surface area contributed by atoms with Crippen molar-refractivity contribution >= 4 is 29.0 Å². The Morgan fingerprint density at radius 2 is 1.68 bits per heavy atom. The van der Waals surface area contributed by atoms with Gasteiger partial charge in [-0.2, -0.15) is 0 Å². The second-order valence-electron chi connectivity index (χ2n) is 4.29. The van der Waals surface area contributed by atoms with E-state index in [4.69, 9.17) is 38.3 Å². The van der Waals surface area contributed by atoms with E-state index >= 15 is 0 Å². The molecule has 2 atom stereocenters. The minimum Gasteiger partial charge on any atom is -0.501 e. The molecule has 0 aromatic heterocycles. The topological polar surface area (TPSA) is 146 Å². The molecule has 2 unspecified atom stereocenters. The highest BCUT2D eigenvalue weighted by atomic mass is 32.1. The van der Waals surface area contributed by atoms with Gasteiger partial charge in [0.1, 0.15) is 0 Å². The standard InChI is InChI=1S/C7H10N2O3S.C5H7NO3/c1-3-4(10)5(6(8)11-3)12-7(13)9-2;1-2-3(7)4(8)5(6)9-2/h3H,8H2,1-2H3,(H,9,13);2,8H,6H2,1H3. The minimum absolute atomic E-state index is 0.0184. The smallest absolute Gasteiger partial charge is 0.262 e. The van der Waals surface area contributed by atoms with Gasteiger partial charge in [0.25, 0.3) is 5.17 Å². The Hall–Kier alpha value is -2.49. The highest BCUT2D eigenvalue weighted by Gasteiger charge is 2.33. The van der Waals surface area contributed by atoms with Crippen molar-refractivity contribution < 1.29 is 28.9 Å². The van der Waals surface area contributed by atoms with Crippen LogP contribution in [0.1, 0.15) is 13.8 Å². The Bertz CT molecular complexity index is 571. The summed E-state index contributed by atoms with van der Waals surface area (Å²) in [5, 5.41) is 11.4. The lowest BCUT2D eigenvalue weighted by Crippen LogP contribution is -2.23. The molecule has 2 rings (SSSR count). The van der Waals surface area contributed by atoms with Crippen molar-refractivity contribution in [3.63, 3.8) is 0 Å². The summed E-state index contributed by atoms with van der Waals surface area (Å²) < 4.78 is 14.5. The van der Waals surface area contributed by atoms with E-state index < -0.39 is 23.8 Å². The van der Waals surface area contributed by atoms with E-state index in [0.29, 0.717) is 0 Å². The number of nitrogens with one attached hydrogen (secondary N) is 1. The number of carbonyl (C=O) groups is 2. The van der Waals surface area contributed by atoms with Crippen molar-refractivity contribution in [3.05, 3.63) is 23.3 Å². The van der Waals surface area contributed by atoms with E-state index in [-0.39, 0.29) is 28.5 Å². The van der Waals surface area contributed by atoms with Crippen LogP contribution in [0.15, 0.2) is 23.3 Å². The normalized spacial score (nSPS) is 23.6. The zero-order chi connectivity index (χ0) is 17.0. The zero-order valence-electron chi connectivity index (χ0n) is 12.2. The van der Waals surface area contributed by atoms with Crippen LogP contribution in [0.2, 0.25) is 0 Å². The fraction of sp³-hybridized carbons (Fsp3) is 0.417. The Balaban J connectivity index is 0.000000235. The van der Waals surface area contributed by atoms with Crippen LogP contribution in [-0.4, -0.2) is 41.1 Å². The van der Waals surface area contributed by atoms with E-state index in [1.807, 2.05) is 0 Å². The van der Waals surface area contributed by atoms with Crippen molar-refractivity contribution in [2.75, 3.05) is 7.05 Å². The molecule has 22 heavy (non-hydrogen) atoms. The second-order valence-corrected chi connectivity index (χ2v) is 4.67. The van der Waals surface area contributed by atoms with E-state index in [1.165, 1.54) is 6.92 Å². The molecule has 0 aromatic rings. The minimum atomic E-state index is -0.620. The predicted molar refractivity (Wildman–Crippen MR) is 78.9 cm³/mol. The van der Waals surface area contributed by atoms with Crippen LogP contribution >= 0.6 is 12.2 Å². The van der Waals surface area contributed by atoms with Crippen molar-refractivity contribution in [2.45, 2.75) is 26.1 Å². The highest BCUT2D eigenvalue weighted by Crippen LogP contribution is 2.18. The molecule has 0 fully saturated rings. The Labute approximate surface area is 131 Å². The summed E-state index contributed by atoms with van der Waals surface area (Å²) in [6.45, 7) is 3.12. The summed E-state index contributed by atoms with van der Waals surface area (Å²) in [4.78, 5) is 21.9. The predicted octanol–water partition coefficient (Wildman–Crippen LogP) is -0.717. The molecule has 9 nitrogen and oxygen atoms in total. The van der Waals surface area contributed by atoms with E-state index in [2.05, 4.69) is 10.1 Å². The Morgan fingerprint density at radius 3 is 1.95 bits per heavy atom. The number of nitrogens with two attached hydrogens (primary N) is 2. The molecule has 2 heterocycles. The quantitative estimate of drug-likeness (QED) is 0.454.